The SMILES string of the molecule is C1=Cc2c(c3c(ccc4c5ccccc5n(-c5ncc6c(ncn6-c6ccccc6)n5)c43)n2-c2ccccc2)CC1. The van der Waals surface area contributed by atoms with E-state index in [1.807, 2.05) is 35.3 Å². The number of hydrogen-bond donors (Lipinski definition) is 0. The molecular weight excluding hydrogens is 504 g/mol. The van der Waals surface area contributed by atoms with Crippen molar-refractivity contribution in [2.75, 3.05) is 0 Å². The third kappa shape index (κ3) is 3.16. The van der Waals surface area contributed by atoms with Crippen LogP contribution in [-0.4, -0.2) is 28.7 Å². The second kappa shape index (κ2) is 8.50. The maximum atomic E-state index is 5.05. The fraction of sp³-hybridized carbons (Fsp3) is 0.0571. The number of hydrogen-bond acceptors (Lipinski definition) is 3. The summed E-state index contributed by atoms with van der Waals surface area (Å²) in [6, 6.07) is 33.9. The van der Waals surface area contributed by atoms with E-state index >= 15 is 0 Å². The van der Waals surface area contributed by atoms with Crippen LogP contribution in [-0.2, 0) is 6.42 Å². The lowest BCUT2D eigenvalue weighted by Gasteiger charge is -2.11. The van der Waals surface area contributed by atoms with Crippen LogP contribution in [0.4, 0.5) is 0 Å². The molecule has 6 nitrogen and oxygen atoms in total. The third-order valence-corrected chi connectivity index (χ3v) is 8.29. The first-order valence-corrected chi connectivity index (χ1v) is 13.9. The van der Waals surface area contributed by atoms with Gasteiger partial charge in [0.15, 0.2) is 5.65 Å². The Morgan fingerprint density at radius 3 is 2.27 bits per heavy atom. The molecule has 0 aliphatic heterocycles. The van der Waals surface area contributed by atoms with Crippen molar-refractivity contribution < 1.29 is 0 Å². The Labute approximate surface area is 235 Å². The number of aromatic nitrogens is 6. The number of benzene rings is 4. The van der Waals surface area contributed by atoms with Crippen LogP contribution >= 0.6 is 0 Å². The second-order valence-corrected chi connectivity index (χ2v) is 10.5. The quantitative estimate of drug-likeness (QED) is 0.235. The molecular formula is C35H24N6. The number of para-hydroxylation sites is 3. The van der Waals surface area contributed by atoms with Crippen LogP contribution in [0.5, 0.6) is 0 Å². The van der Waals surface area contributed by atoms with Crippen LogP contribution in [0.2, 0.25) is 0 Å². The maximum Gasteiger partial charge on any atom is 0.236 e. The number of rotatable bonds is 3. The minimum Gasteiger partial charge on any atom is -0.310 e. The van der Waals surface area contributed by atoms with Gasteiger partial charge in [-0.2, -0.15) is 4.98 Å². The van der Waals surface area contributed by atoms with Gasteiger partial charge in [0.1, 0.15) is 11.8 Å². The molecule has 1 aliphatic rings. The average Bonchev–Trinajstić information content (AvgIpc) is 3.71. The molecule has 0 saturated heterocycles. The van der Waals surface area contributed by atoms with Gasteiger partial charge in [-0.1, -0.05) is 66.7 Å². The highest BCUT2D eigenvalue weighted by Crippen LogP contribution is 2.42. The number of fused-ring (bicyclic) bond motifs is 8. The number of allylic oxidation sites excluding steroid dienone is 1. The molecule has 0 amide bonds. The van der Waals surface area contributed by atoms with E-state index in [4.69, 9.17) is 9.97 Å². The maximum absolute atomic E-state index is 5.05. The molecule has 0 spiro atoms. The number of imidazole rings is 1. The van der Waals surface area contributed by atoms with E-state index in [0.29, 0.717) is 11.6 Å². The first kappa shape index (κ1) is 22.3. The van der Waals surface area contributed by atoms with Crippen LogP contribution in [0, 0.1) is 0 Å². The highest BCUT2D eigenvalue weighted by molar-refractivity contribution is 6.19. The smallest absolute Gasteiger partial charge is 0.236 e. The topological polar surface area (TPSA) is 53.5 Å². The molecule has 4 aromatic heterocycles. The molecule has 4 aromatic carbocycles. The largest absolute Gasteiger partial charge is 0.310 e. The summed E-state index contributed by atoms with van der Waals surface area (Å²) in [5, 5.41) is 3.66. The van der Waals surface area contributed by atoms with E-state index in [9.17, 15) is 0 Å². The van der Waals surface area contributed by atoms with Crippen molar-refractivity contribution >= 4 is 49.9 Å². The standard InChI is InChI=1S/C35H24N6/c1-3-11-23(12-4-1)39-22-37-34-31(39)21-36-35(38-34)41-28-17-9-7-15-25(28)26-19-20-30-32(33(26)41)27-16-8-10-18-29(27)40(30)24-13-5-2-6-14-24/h1-7,9-15,17-22H,8,16H2. The van der Waals surface area contributed by atoms with Crippen LogP contribution < -0.4 is 0 Å². The van der Waals surface area contributed by atoms with Gasteiger partial charge >= 0.3 is 0 Å². The van der Waals surface area contributed by atoms with Gasteiger partial charge in [0.25, 0.3) is 0 Å². The minimum absolute atomic E-state index is 0.627. The van der Waals surface area contributed by atoms with Gasteiger partial charge in [-0.05, 0) is 60.9 Å². The van der Waals surface area contributed by atoms with Crippen molar-refractivity contribution in [2.45, 2.75) is 12.8 Å². The Bertz CT molecular complexity index is 2300. The highest BCUT2D eigenvalue weighted by atomic mass is 15.2. The molecule has 1 aliphatic carbocycles. The summed E-state index contributed by atoms with van der Waals surface area (Å²) in [5.41, 5.74) is 9.79. The van der Waals surface area contributed by atoms with Crippen LogP contribution in [0.15, 0.2) is 116 Å². The predicted octanol–water partition coefficient (Wildman–Crippen LogP) is 7.82. The average molecular weight is 529 g/mol. The Kier molecular flexibility index (Phi) is 4.63. The summed E-state index contributed by atoms with van der Waals surface area (Å²) in [7, 11) is 0. The summed E-state index contributed by atoms with van der Waals surface area (Å²) < 4.78 is 6.67. The number of nitrogens with zero attached hydrogens (tertiary/aromatic N) is 6. The normalized spacial score (nSPS) is 13.1. The summed E-state index contributed by atoms with van der Waals surface area (Å²) in [6.45, 7) is 0. The minimum atomic E-state index is 0.627. The Balaban J connectivity index is 1.39. The van der Waals surface area contributed by atoms with Crippen LogP contribution in [0.1, 0.15) is 17.7 Å². The van der Waals surface area contributed by atoms with E-state index in [1.54, 1.807) is 0 Å². The molecule has 0 saturated carbocycles. The van der Waals surface area contributed by atoms with E-state index in [0.717, 1.165) is 40.8 Å². The lowest BCUT2D eigenvalue weighted by molar-refractivity contribution is 0.966. The zero-order valence-corrected chi connectivity index (χ0v) is 22.1. The van der Waals surface area contributed by atoms with Gasteiger partial charge in [-0.15, -0.1) is 0 Å². The lowest BCUT2D eigenvalue weighted by Crippen LogP contribution is -2.02. The van der Waals surface area contributed by atoms with Gasteiger partial charge in [0.05, 0.1) is 22.7 Å². The molecule has 0 radical (unpaired) electrons. The summed E-state index contributed by atoms with van der Waals surface area (Å²) in [4.78, 5) is 14.7. The first-order valence-electron chi connectivity index (χ1n) is 13.9. The molecule has 6 heteroatoms. The molecule has 0 atom stereocenters. The van der Waals surface area contributed by atoms with Crippen molar-refractivity contribution in [3.8, 4) is 17.3 Å². The van der Waals surface area contributed by atoms with Crippen molar-refractivity contribution in [1.29, 1.82) is 0 Å². The molecule has 0 N–H and O–H groups in total. The fourth-order valence-corrected chi connectivity index (χ4v) is 6.54. The zero-order valence-electron chi connectivity index (χ0n) is 22.1. The molecule has 194 valence electrons. The highest BCUT2D eigenvalue weighted by Gasteiger charge is 2.25. The van der Waals surface area contributed by atoms with Crippen molar-refractivity contribution in [1.82, 2.24) is 28.7 Å². The molecule has 0 fully saturated rings. The van der Waals surface area contributed by atoms with Gasteiger partial charge in [-0.25, -0.2) is 9.97 Å². The predicted molar refractivity (Wildman–Crippen MR) is 165 cm³/mol. The van der Waals surface area contributed by atoms with Crippen molar-refractivity contribution in [3.05, 3.63) is 127 Å². The molecule has 0 bridgehead atoms. The van der Waals surface area contributed by atoms with Gasteiger partial charge in [0, 0.05) is 33.2 Å². The first-order chi connectivity index (χ1) is 20.4. The monoisotopic (exact) mass is 528 g/mol. The van der Waals surface area contributed by atoms with Gasteiger partial charge in [-0.3, -0.25) is 9.13 Å². The summed E-state index contributed by atoms with van der Waals surface area (Å²) in [5.74, 6) is 0.627. The molecule has 41 heavy (non-hydrogen) atoms. The van der Waals surface area contributed by atoms with Gasteiger partial charge in [0.2, 0.25) is 5.95 Å². The van der Waals surface area contributed by atoms with Crippen LogP contribution in [0.25, 0.3) is 67.3 Å². The molecule has 9 rings (SSSR count). The fourth-order valence-electron chi connectivity index (χ4n) is 6.54. The van der Waals surface area contributed by atoms with Crippen LogP contribution in [0.3, 0.4) is 0 Å². The Hall–Kier alpha value is -5.49. The van der Waals surface area contributed by atoms with Gasteiger partial charge < -0.3 is 4.57 Å². The van der Waals surface area contributed by atoms with Crippen molar-refractivity contribution in [2.24, 2.45) is 0 Å². The van der Waals surface area contributed by atoms with E-state index in [2.05, 4.69) is 105 Å². The van der Waals surface area contributed by atoms with E-state index < -0.39 is 0 Å². The summed E-state index contributed by atoms with van der Waals surface area (Å²) in [6.07, 6.45) is 10.3. The van der Waals surface area contributed by atoms with E-state index in [-0.39, 0.29) is 0 Å². The van der Waals surface area contributed by atoms with E-state index in [1.165, 1.54) is 32.9 Å². The molecule has 4 heterocycles. The second-order valence-electron chi connectivity index (χ2n) is 10.5. The molecule has 8 aromatic rings. The Morgan fingerprint density at radius 1 is 0.634 bits per heavy atom. The summed E-state index contributed by atoms with van der Waals surface area (Å²) >= 11 is 0. The molecule has 0 unspecified atom stereocenters. The zero-order chi connectivity index (χ0) is 26.9. The third-order valence-electron chi connectivity index (χ3n) is 8.29. The van der Waals surface area contributed by atoms with Crippen molar-refractivity contribution in [3.63, 3.8) is 0 Å². The number of aryl methyl sites for hydroxylation is 1. The Morgan fingerprint density at radius 2 is 1.41 bits per heavy atom. The lowest BCUT2D eigenvalue weighted by atomic mass is 9.99.